The van der Waals surface area contributed by atoms with Gasteiger partial charge in [-0.1, -0.05) is 60.7 Å². The number of alkyl halides is 2. The highest BCUT2D eigenvalue weighted by molar-refractivity contribution is 5.89. The summed E-state index contributed by atoms with van der Waals surface area (Å²) in [7, 11) is 2.52. The number of amides is 4. The summed E-state index contributed by atoms with van der Waals surface area (Å²) in [5, 5.41) is 5.45. The van der Waals surface area contributed by atoms with Gasteiger partial charge in [0.05, 0.1) is 49.2 Å². The van der Waals surface area contributed by atoms with Crippen molar-refractivity contribution in [3.05, 3.63) is 119 Å². The number of carbonyl (C=O) groups excluding carboxylic acids is 4. The molecule has 3 fully saturated rings. The first-order valence-corrected chi connectivity index (χ1v) is 22.7. The monoisotopic (exact) mass is 912 g/mol. The quantitative estimate of drug-likeness (QED) is 0.105. The minimum Gasteiger partial charge on any atom is -0.453 e. The zero-order chi connectivity index (χ0) is 46.4. The molecule has 4 amide bonds. The Labute approximate surface area is 384 Å². The second-order valence-corrected chi connectivity index (χ2v) is 17.6. The maximum atomic E-state index is 16.6. The lowest BCUT2D eigenvalue weighted by Gasteiger charge is -2.34. The van der Waals surface area contributed by atoms with E-state index in [2.05, 4.69) is 25.6 Å². The second kappa shape index (κ2) is 17.9. The molecular weight excluding hydrogens is 863 g/mol. The van der Waals surface area contributed by atoms with Crippen molar-refractivity contribution in [3.8, 4) is 33.5 Å². The molecule has 4 aliphatic rings. The largest absolute Gasteiger partial charge is 0.453 e. The van der Waals surface area contributed by atoms with Gasteiger partial charge in [0.1, 0.15) is 23.7 Å². The van der Waals surface area contributed by atoms with Crippen LogP contribution in [0.25, 0.3) is 44.5 Å². The molecule has 10 rings (SSSR count). The molecule has 67 heavy (non-hydrogen) atoms. The predicted octanol–water partition coefficient (Wildman–Crippen LogP) is 8.32. The molecule has 5 heterocycles. The van der Waals surface area contributed by atoms with E-state index in [1.807, 2.05) is 30.3 Å². The molecular formula is C50H50F2N8O7. The molecule has 6 aromatic rings. The minimum atomic E-state index is -3.30. The van der Waals surface area contributed by atoms with Crippen LogP contribution in [0.3, 0.4) is 0 Å². The number of ether oxygens (including phenoxy) is 3. The van der Waals surface area contributed by atoms with Gasteiger partial charge in [0.25, 0.3) is 11.8 Å². The van der Waals surface area contributed by atoms with Crippen molar-refractivity contribution < 1.29 is 42.2 Å². The topological polar surface area (TPSA) is 184 Å². The molecule has 0 spiro atoms. The molecule has 1 aliphatic carbocycles. The summed E-state index contributed by atoms with van der Waals surface area (Å²) in [6, 6.07) is 22.3. The Morgan fingerprint density at radius 1 is 0.731 bits per heavy atom. The lowest BCUT2D eigenvalue weighted by Crippen LogP contribution is -2.53. The summed E-state index contributed by atoms with van der Waals surface area (Å²) in [6.45, 7) is 1.97. The Kier molecular flexibility index (Phi) is 11.7. The van der Waals surface area contributed by atoms with Crippen LogP contribution in [0.15, 0.2) is 91.1 Å². The lowest BCUT2D eigenvalue weighted by atomic mass is 9.90. The summed E-state index contributed by atoms with van der Waals surface area (Å²) < 4.78 is 48.5. The predicted molar refractivity (Wildman–Crippen MR) is 243 cm³/mol. The summed E-state index contributed by atoms with van der Waals surface area (Å²) >= 11 is 0. The van der Waals surface area contributed by atoms with Crippen LogP contribution in [-0.4, -0.2) is 100 Å². The average Bonchev–Trinajstić information content (AvgIpc) is 4.23. The molecule has 1 unspecified atom stereocenters. The number of aromatic nitrogens is 4. The Balaban J connectivity index is 0.869. The van der Waals surface area contributed by atoms with Gasteiger partial charge in [0.2, 0.25) is 5.91 Å². The van der Waals surface area contributed by atoms with Gasteiger partial charge in [0.15, 0.2) is 0 Å². The first-order chi connectivity index (χ1) is 32.5. The summed E-state index contributed by atoms with van der Waals surface area (Å²) in [5.41, 5.74) is 5.08. The maximum absolute atomic E-state index is 16.6. The summed E-state index contributed by atoms with van der Waals surface area (Å²) in [5.74, 6) is -2.76. The van der Waals surface area contributed by atoms with Crippen LogP contribution in [0.4, 0.5) is 18.4 Å². The number of H-pyrrole nitrogens is 2. The van der Waals surface area contributed by atoms with Crippen LogP contribution >= 0.6 is 0 Å². The van der Waals surface area contributed by atoms with Crippen LogP contribution in [0.5, 0.6) is 0 Å². The molecule has 15 nitrogen and oxygen atoms in total. The molecule has 0 bridgehead atoms. The van der Waals surface area contributed by atoms with Gasteiger partial charge in [0, 0.05) is 43.0 Å². The minimum absolute atomic E-state index is 0.0961. The maximum Gasteiger partial charge on any atom is 0.407 e. The standard InChI is InChI=1S/C50H50F2N8O7/c1-65-48(63)57-42(28-8-4-3-5-9-28)46(61)60-21-7-11-41(60)45-54-37-17-14-31(26-38(37)55-45)30-12-15-33-34-16-13-32(25-36(34)50(51,52)35(33)24-30)39-27-53-44(56-39)40-10-6-20-59(40)47(62)43(58-49(64)66-2)29-18-22-67-23-19-29/h3-5,8-9,12-17,24-27,29,40-43H,6-7,10-11,18-23H2,1-2H3,(H,53,56)(H,54,55)(H,57,63)(H,58,64)/t40-,41?,42+,43-/m0/s1. The molecule has 2 aromatic heterocycles. The number of aromatic amines is 2. The van der Waals surface area contributed by atoms with E-state index in [0.29, 0.717) is 114 Å². The number of rotatable bonds is 10. The van der Waals surface area contributed by atoms with Gasteiger partial charge >= 0.3 is 12.2 Å². The van der Waals surface area contributed by atoms with Crippen molar-refractivity contribution in [2.45, 2.75) is 68.6 Å². The van der Waals surface area contributed by atoms with Crippen molar-refractivity contribution in [2.24, 2.45) is 5.92 Å². The zero-order valence-electron chi connectivity index (χ0n) is 37.0. The third-order valence-corrected chi connectivity index (χ3v) is 13.7. The SMILES string of the molecule is COC(=O)N[C@H](C(=O)N1CCC[C@H]1c1ncc(-c2ccc3c(c2)C(F)(F)c2cc(-c4ccc5nc(C6CCCN6C(=O)[C@H](NC(=O)OC)c6ccccc6)[nH]c5c4)ccc2-3)[nH]1)C1CCOCC1. The molecule has 3 saturated heterocycles. The Morgan fingerprint density at radius 3 is 2.04 bits per heavy atom. The third kappa shape index (κ3) is 8.14. The number of imidazole rings is 2. The summed E-state index contributed by atoms with van der Waals surface area (Å²) in [6.07, 6.45) is 4.28. The summed E-state index contributed by atoms with van der Waals surface area (Å²) in [4.78, 5) is 72.5. The van der Waals surface area contributed by atoms with E-state index in [1.165, 1.54) is 20.3 Å². The van der Waals surface area contributed by atoms with E-state index in [9.17, 15) is 19.2 Å². The van der Waals surface area contributed by atoms with Gasteiger partial charge in [-0.25, -0.2) is 19.6 Å². The lowest BCUT2D eigenvalue weighted by molar-refractivity contribution is -0.137. The number of benzene rings is 4. The van der Waals surface area contributed by atoms with Crippen molar-refractivity contribution in [1.29, 1.82) is 0 Å². The molecule has 0 saturated carbocycles. The van der Waals surface area contributed by atoms with E-state index in [4.69, 9.17) is 19.2 Å². The van der Waals surface area contributed by atoms with Crippen LogP contribution < -0.4 is 10.6 Å². The van der Waals surface area contributed by atoms with Crippen molar-refractivity contribution >= 4 is 35.0 Å². The highest BCUT2D eigenvalue weighted by atomic mass is 19.3. The fourth-order valence-corrected chi connectivity index (χ4v) is 10.3. The van der Waals surface area contributed by atoms with Gasteiger partial charge in [-0.3, -0.25) is 9.59 Å². The number of likely N-dealkylation sites (tertiary alicyclic amines) is 2. The third-order valence-electron chi connectivity index (χ3n) is 13.7. The highest BCUT2D eigenvalue weighted by Crippen LogP contribution is 2.53. The average molecular weight is 913 g/mol. The van der Waals surface area contributed by atoms with Crippen LogP contribution in [0.2, 0.25) is 0 Å². The van der Waals surface area contributed by atoms with E-state index in [0.717, 1.165) is 12.8 Å². The molecule has 4 aromatic carbocycles. The Morgan fingerprint density at radius 2 is 1.34 bits per heavy atom. The normalized spacial score (nSPS) is 19.7. The number of fused-ring (bicyclic) bond motifs is 4. The van der Waals surface area contributed by atoms with Crippen molar-refractivity contribution in [1.82, 2.24) is 40.4 Å². The second-order valence-electron chi connectivity index (χ2n) is 17.6. The molecule has 3 aliphatic heterocycles. The number of nitrogens with one attached hydrogen (secondary N) is 4. The van der Waals surface area contributed by atoms with Gasteiger partial charge in [-0.15, -0.1) is 0 Å². The van der Waals surface area contributed by atoms with Crippen LogP contribution in [-0.2, 0) is 29.7 Å². The van der Waals surface area contributed by atoms with Crippen LogP contribution in [0.1, 0.15) is 85.0 Å². The molecule has 0 radical (unpaired) electrons. The molecule has 17 heteroatoms. The van der Waals surface area contributed by atoms with Gasteiger partial charge in [-0.05, 0) is 96.5 Å². The smallest absolute Gasteiger partial charge is 0.407 e. The van der Waals surface area contributed by atoms with Gasteiger partial charge < -0.3 is 44.6 Å². The van der Waals surface area contributed by atoms with Crippen LogP contribution in [0, 0.1) is 5.92 Å². The van der Waals surface area contributed by atoms with E-state index in [1.54, 1.807) is 64.5 Å². The fourth-order valence-electron chi connectivity index (χ4n) is 10.3. The fraction of sp³-hybridized carbons (Fsp3) is 0.360. The number of nitrogens with zero attached hydrogens (tertiary/aromatic N) is 4. The highest BCUT2D eigenvalue weighted by Gasteiger charge is 2.45. The van der Waals surface area contributed by atoms with Crippen molar-refractivity contribution in [2.75, 3.05) is 40.5 Å². The molecule has 346 valence electrons. The number of hydrogen-bond acceptors (Lipinski definition) is 9. The molecule has 4 N–H and O–H groups in total. The first-order valence-electron chi connectivity index (χ1n) is 22.7. The Bertz CT molecular complexity index is 2860. The number of hydrogen-bond donors (Lipinski definition) is 4. The number of halogens is 2. The number of alkyl carbamates (subject to hydrolysis) is 2. The number of methoxy groups -OCH3 is 2. The van der Waals surface area contributed by atoms with E-state index >= 15 is 8.78 Å². The Hall–Kier alpha value is -7.14. The van der Waals surface area contributed by atoms with Gasteiger partial charge in [-0.2, -0.15) is 8.78 Å². The van der Waals surface area contributed by atoms with Crippen molar-refractivity contribution in [3.63, 3.8) is 0 Å². The molecule has 4 atom stereocenters. The first kappa shape index (κ1) is 43.7. The zero-order valence-corrected chi connectivity index (χ0v) is 37.0. The number of carbonyl (C=O) groups is 4. The van der Waals surface area contributed by atoms with E-state index < -0.39 is 30.2 Å². The van der Waals surface area contributed by atoms with E-state index in [-0.39, 0.29) is 40.9 Å².